The molecule has 0 spiro atoms. The number of carboxylic acid groups (broad SMARTS) is 1. The molecule has 0 fully saturated rings. The molecule has 1 aromatic carbocycles. The number of allylic oxidation sites excluding steroid dienone is 4. The summed E-state index contributed by atoms with van der Waals surface area (Å²) in [6.07, 6.45) is 8.81. The molecule has 1 aromatic rings. The summed E-state index contributed by atoms with van der Waals surface area (Å²) in [5.74, 6) is 1.45. The molecule has 0 aromatic heterocycles. The smallest absolute Gasteiger partial charge is 0.305 e. The number of carboxylic acids is 1. The van der Waals surface area contributed by atoms with Crippen molar-refractivity contribution in [3.05, 3.63) is 51.3 Å². The molecule has 6 nitrogen and oxygen atoms in total. The molecule has 0 unspecified atom stereocenters. The van der Waals surface area contributed by atoms with E-state index in [1.54, 1.807) is 12.1 Å². The Labute approximate surface area is 191 Å². The number of nitrogens with zero attached hydrogens (tertiary/aromatic N) is 1. The molecule has 166 valence electrons. The van der Waals surface area contributed by atoms with Gasteiger partial charge < -0.3 is 14.7 Å². The first-order valence-corrected chi connectivity index (χ1v) is 11.2. The van der Waals surface area contributed by atoms with Crippen LogP contribution < -0.4 is 4.74 Å². The van der Waals surface area contributed by atoms with E-state index in [0.29, 0.717) is 60.4 Å². The number of ether oxygens (including phenoxy) is 1. The third-order valence-corrected chi connectivity index (χ3v) is 6.53. The molecule has 0 saturated carbocycles. The van der Waals surface area contributed by atoms with Gasteiger partial charge in [0.2, 0.25) is 0 Å². The van der Waals surface area contributed by atoms with Crippen LogP contribution in [0.4, 0.5) is 0 Å². The van der Waals surface area contributed by atoms with E-state index in [2.05, 4.69) is 5.92 Å². The summed E-state index contributed by atoms with van der Waals surface area (Å²) < 4.78 is 5.47. The molecule has 4 rings (SSSR count). The van der Waals surface area contributed by atoms with Crippen molar-refractivity contribution in [2.24, 2.45) is 0 Å². The van der Waals surface area contributed by atoms with Crippen molar-refractivity contribution >= 4 is 29.1 Å². The molecular weight excluding hydrogens is 430 g/mol. The maximum Gasteiger partial charge on any atom is 0.305 e. The Balaban J connectivity index is 1.85. The average Bonchev–Trinajstić information content (AvgIpc) is 2.76. The average molecular weight is 454 g/mol. The Morgan fingerprint density at radius 3 is 2.28 bits per heavy atom. The molecule has 1 aliphatic heterocycles. The number of benzene rings is 1. The lowest BCUT2D eigenvalue weighted by Crippen LogP contribution is -2.39. The van der Waals surface area contributed by atoms with Gasteiger partial charge in [-0.1, -0.05) is 23.6 Å². The number of aliphatic carboxylic acids is 1. The minimum Gasteiger partial charge on any atom is -0.481 e. The Bertz CT molecular complexity index is 1050. The monoisotopic (exact) mass is 453 g/mol. The lowest BCUT2D eigenvalue weighted by atomic mass is 9.71. The van der Waals surface area contributed by atoms with Crippen molar-refractivity contribution in [2.45, 2.75) is 50.9 Å². The predicted octanol–water partition coefficient (Wildman–Crippen LogP) is 4.24. The number of hydrogen-bond donors (Lipinski definition) is 1. The van der Waals surface area contributed by atoms with Crippen molar-refractivity contribution in [3.63, 3.8) is 0 Å². The van der Waals surface area contributed by atoms with Gasteiger partial charge in [0.15, 0.2) is 11.6 Å². The largest absolute Gasteiger partial charge is 0.481 e. The minimum atomic E-state index is -0.907. The molecule has 0 radical (unpaired) electrons. The highest BCUT2D eigenvalue weighted by molar-refractivity contribution is 6.32. The Morgan fingerprint density at radius 1 is 1.12 bits per heavy atom. The van der Waals surface area contributed by atoms with Crippen molar-refractivity contribution < 1.29 is 24.2 Å². The molecule has 0 atom stereocenters. The van der Waals surface area contributed by atoms with Crippen molar-refractivity contribution in [2.75, 3.05) is 13.2 Å². The fraction of sp³-hybridized carbons (Fsp3) is 0.400. The third-order valence-electron chi connectivity index (χ3n) is 6.24. The normalized spacial score (nSPS) is 18.9. The lowest BCUT2D eigenvalue weighted by molar-refractivity contribution is -0.137. The molecule has 1 N–H and O–H groups in total. The first-order chi connectivity index (χ1) is 15.4. The number of carbonyl (C=O) groups excluding carboxylic acids is 2. The van der Waals surface area contributed by atoms with Crippen LogP contribution >= 0.6 is 11.6 Å². The van der Waals surface area contributed by atoms with Crippen molar-refractivity contribution in [1.29, 1.82) is 0 Å². The predicted molar refractivity (Wildman–Crippen MR) is 119 cm³/mol. The van der Waals surface area contributed by atoms with Crippen LogP contribution in [0.25, 0.3) is 0 Å². The van der Waals surface area contributed by atoms with E-state index < -0.39 is 11.9 Å². The molecule has 32 heavy (non-hydrogen) atoms. The number of hydrogen-bond acceptors (Lipinski definition) is 5. The summed E-state index contributed by atoms with van der Waals surface area (Å²) in [5, 5.41) is 9.62. The van der Waals surface area contributed by atoms with Crippen LogP contribution in [-0.2, 0) is 14.4 Å². The van der Waals surface area contributed by atoms with E-state index in [1.807, 2.05) is 11.0 Å². The van der Waals surface area contributed by atoms with E-state index in [0.717, 1.165) is 17.0 Å². The molecule has 3 aliphatic rings. The lowest BCUT2D eigenvalue weighted by Gasteiger charge is -2.44. The zero-order valence-corrected chi connectivity index (χ0v) is 18.4. The third kappa shape index (κ3) is 4.05. The highest BCUT2D eigenvalue weighted by Gasteiger charge is 2.43. The van der Waals surface area contributed by atoms with Gasteiger partial charge in [0.05, 0.1) is 11.4 Å². The van der Waals surface area contributed by atoms with E-state index in [-0.39, 0.29) is 31.1 Å². The van der Waals surface area contributed by atoms with Crippen LogP contribution in [0.1, 0.15) is 56.4 Å². The summed E-state index contributed by atoms with van der Waals surface area (Å²) in [4.78, 5) is 39.5. The first kappa shape index (κ1) is 22.2. The van der Waals surface area contributed by atoms with Gasteiger partial charge in [-0.25, -0.2) is 0 Å². The van der Waals surface area contributed by atoms with Crippen LogP contribution in [0.5, 0.6) is 5.75 Å². The molecule has 0 bridgehead atoms. The van der Waals surface area contributed by atoms with Gasteiger partial charge in [0.25, 0.3) is 0 Å². The van der Waals surface area contributed by atoms with Crippen LogP contribution in [0.15, 0.2) is 40.7 Å². The maximum absolute atomic E-state index is 13.2. The van der Waals surface area contributed by atoms with E-state index in [1.165, 1.54) is 0 Å². The Hall–Kier alpha value is -3.04. The fourth-order valence-electron chi connectivity index (χ4n) is 4.96. The zero-order chi connectivity index (χ0) is 22.8. The molecule has 1 heterocycles. The number of rotatable bonds is 6. The zero-order valence-electron chi connectivity index (χ0n) is 17.7. The van der Waals surface area contributed by atoms with E-state index in [9.17, 15) is 19.5 Å². The molecule has 7 heteroatoms. The maximum atomic E-state index is 13.2. The van der Waals surface area contributed by atoms with Gasteiger partial charge in [-0.15, -0.1) is 6.42 Å². The van der Waals surface area contributed by atoms with Gasteiger partial charge in [-0.3, -0.25) is 14.4 Å². The number of carbonyl (C=O) groups is 3. The highest BCUT2D eigenvalue weighted by Crippen LogP contribution is 2.49. The van der Waals surface area contributed by atoms with E-state index >= 15 is 0 Å². The fourth-order valence-corrected chi connectivity index (χ4v) is 5.20. The number of terminal acetylenes is 1. The van der Waals surface area contributed by atoms with Crippen LogP contribution in [0, 0.1) is 12.3 Å². The summed E-state index contributed by atoms with van der Waals surface area (Å²) >= 11 is 6.45. The standard InChI is InChI=1S/C25H24ClNO5/c1-2-13-32-21-10-9-15(14-16(21)26)23-24-17(5-3-7-19(24)28)27(12-11-22(30)31)18-6-4-8-20(29)25(18)23/h1,9-10,14,23H,3-8,11-13H2,(H,30,31). The summed E-state index contributed by atoms with van der Waals surface area (Å²) in [6, 6.07) is 5.28. The molecule has 2 aliphatic carbocycles. The second-order valence-electron chi connectivity index (χ2n) is 8.19. The number of halogens is 1. The molecule has 0 amide bonds. The number of Topliss-reactive ketones (excluding diaryl/α,β-unsaturated/α-hetero) is 2. The second kappa shape index (κ2) is 9.22. The molecule has 0 saturated heterocycles. The SMILES string of the molecule is C#CCOc1ccc(C2C3=C(CCCC3=O)N(CCC(=O)O)C3=C2C(=O)CCC3)cc1Cl. The summed E-state index contributed by atoms with van der Waals surface area (Å²) in [6.45, 7) is 0.336. The highest BCUT2D eigenvalue weighted by atomic mass is 35.5. The van der Waals surface area contributed by atoms with Crippen LogP contribution in [0.2, 0.25) is 5.02 Å². The van der Waals surface area contributed by atoms with Gasteiger partial charge >= 0.3 is 5.97 Å². The van der Waals surface area contributed by atoms with Gasteiger partial charge in [0.1, 0.15) is 12.4 Å². The first-order valence-electron chi connectivity index (χ1n) is 10.8. The van der Waals surface area contributed by atoms with Gasteiger partial charge in [0, 0.05) is 47.8 Å². The van der Waals surface area contributed by atoms with E-state index in [4.69, 9.17) is 22.8 Å². The quantitative estimate of drug-likeness (QED) is 0.648. The summed E-state index contributed by atoms with van der Waals surface area (Å²) in [7, 11) is 0. The number of ketones is 2. The Morgan fingerprint density at radius 2 is 1.75 bits per heavy atom. The van der Waals surface area contributed by atoms with Crippen LogP contribution in [0.3, 0.4) is 0 Å². The topological polar surface area (TPSA) is 83.9 Å². The van der Waals surface area contributed by atoms with Crippen LogP contribution in [-0.4, -0.2) is 40.7 Å². The van der Waals surface area contributed by atoms with Gasteiger partial charge in [-0.05, 0) is 43.4 Å². The molecular formula is C25H24ClNO5. The van der Waals surface area contributed by atoms with Crippen molar-refractivity contribution in [3.8, 4) is 18.1 Å². The summed E-state index contributed by atoms with van der Waals surface area (Å²) in [5.41, 5.74) is 3.66. The Kier molecular flexibility index (Phi) is 6.38. The second-order valence-corrected chi connectivity index (χ2v) is 8.59. The minimum absolute atomic E-state index is 0.00489. The van der Waals surface area contributed by atoms with Gasteiger partial charge in [-0.2, -0.15) is 0 Å². The van der Waals surface area contributed by atoms with Crippen molar-refractivity contribution in [1.82, 2.24) is 4.90 Å².